The number of phenolic OH excluding ortho intramolecular Hbond substituents is 1. The van der Waals surface area contributed by atoms with E-state index in [4.69, 9.17) is 9.47 Å². The number of rotatable bonds is 16. The second-order valence-corrected chi connectivity index (χ2v) is 18.1. The van der Waals surface area contributed by atoms with Crippen LogP contribution in [0, 0.1) is 11.8 Å². The molecule has 4 N–H and O–H groups in total. The number of ether oxygens (including phenoxy) is 2. The number of aromatic amines is 1. The molecule has 6 aromatic rings. The Morgan fingerprint density at radius 1 is 0.776 bits per heavy atom. The number of H-pyrrole nitrogens is 1. The van der Waals surface area contributed by atoms with E-state index in [2.05, 4.69) is 39.5 Å². The Kier molecular flexibility index (Phi) is 14.1. The minimum Gasteiger partial charge on any atom is -0.506 e. The molecule has 0 radical (unpaired) electrons. The molecule has 5 aromatic carbocycles. The van der Waals surface area contributed by atoms with Crippen molar-refractivity contribution in [3.05, 3.63) is 177 Å². The van der Waals surface area contributed by atoms with Gasteiger partial charge in [0.1, 0.15) is 17.4 Å². The molecule has 4 atom stereocenters. The number of amides is 2. The summed E-state index contributed by atoms with van der Waals surface area (Å²) in [7, 11) is 0. The molecule has 3 saturated heterocycles. The van der Waals surface area contributed by atoms with E-state index in [1.807, 2.05) is 76.5 Å². The minimum atomic E-state index is -0.890. The van der Waals surface area contributed by atoms with Gasteiger partial charge in [0.25, 0.3) is 11.8 Å². The van der Waals surface area contributed by atoms with Crippen LogP contribution < -0.4 is 15.6 Å². The van der Waals surface area contributed by atoms with Crippen LogP contribution >= 0.6 is 0 Å². The number of aromatic hydroxyl groups is 1. The fraction of sp³-hybridized carbons (Fsp3) is 0.333. The molecule has 0 saturated carbocycles. The van der Waals surface area contributed by atoms with E-state index in [1.54, 1.807) is 30.3 Å². The number of aliphatic hydroxyl groups is 1. The molecular formula is C54H57N5O8. The van der Waals surface area contributed by atoms with E-state index in [9.17, 15) is 29.4 Å². The highest BCUT2D eigenvalue weighted by molar-refractivity contribution is 5.94. The molecule has 13 nitrogen and oxygen atoms in total. The Morgan fingerprint density at radius 2 is 1.52 bits per heavy atom. The van der Waals surface area contributed by atoms with Gasteiger partial charge in [-0.3, -0.25) is 24.1 Å². The summed E-state index contributed by atoms with van der Waals surface area (Å²) in [6.45, 7) is 5.36. The highest BCUT2D eigenvalue weighted by atomic mass is 16.5. The number of hydrogen-bond acceptors (Lipinski definition) is 10. The number of fused-ring (bicyclic) bond motifs is 2. The maximum atomic E-state index is 13.9. The van der Waals surface area contributed by atoms with Crippen molar-refractivity contribution in [2.45, 2.75) is 50.4 Å². The Balaban J connectivity index is 0.750. The molecule has 9 rings (SSSR count). The van der Waals surface area contributed by atoms with Gasteiger partial charge in [0.15, 0.2) is 6.61 Å². The number of phenols is 1. The second kappa shape index (κ2) is 20.8. The molecule has 3 fully saturated rings. The number of piperidine rings is 1. The first kappa shape index (κ1) is 45.4. The van der Waals surface area contributed by atoms with Crippen LogP contribution in [0.3, 0.4) is 0 Å². The van der Waals surface area contributed by atoms with Crippen LogP contribution in [0.1, 0.15) is 69.5 Å². The Hall–Kier alpha value is -6.80. The standard InChI is InChI=1S/C54H57N5O8/c60-47-20-18-44(45-19-21-49(62)56-52(45)47)48(61)30-55-29-36-14-16-40(17-15-36)53(64)58-32-42-24-27-59(46(42)33-58)50(63)35-66-43-13-7-12-41(28-43)51(39-10-5-2-6-11-39)54(65)67-34-38-22-25-57(26-23-38)31-37-8-3-1-4-9-37/h1-21,28,38,42,46,48,51,55,60-61H,22-27,29-35H2,(H,56,62). The summed E-state index contributed by atoms with van der Waals surface area (Å²) in [5.74, 6) is -0.284. The summed E-state index contributed by atoms with van der Waals surface area (Å²) in [6, 6.07) is 40.8. The van der Waals surface area contributed by atoms with Gasteiger partial charge in [-0.15, -0.1) is 0 Å². The molecule has 1 aromatic heterocycles. The molecule has 3 aliphatic rings. The first-order valence-electron chi connectivity index (χ1n) is 23.3. The number of benzene rings is 5. The van der Waals surface area contributed by atoms with Gasteiger partial charge in [0.2, 0.25) is 5.56 Å². The lowest BCUT2D eigenvalue weighted by Gasteiger charge is -2.32. The van der Waals surface area contributed by atoms with E-state index < -0.39 is 12.0 Å². The molecule has 4 heterocycles. The second-order valence-electron chi connectivity index (χ2n) is 18.1. The average molecular weight is 904 g/mol. The van der Waals surface area contributed by atoms with Crippen molar-refractivity contribution in [3.63, 3.8) is 0 Å². The van der Waals surface area contributed by atoms with E-state index in [0.717, 1.165) is 55.6 Å². The van der Waals surface area contributed by atoms with Crippen molar-refractivity contribution in [1.82, 2.24) is 25.0 Å². The third-order valence-corrected chi connectivity index (χ3v) is 13.6. The zero-order chi connectivity index (χ0) is 46.3. The number of hydrogen-bond donors (Lipinski definition) is 4. The molecule has 13 heteroatoms. The zero-order valence-electron chi connectivity index (χ0n) is 37.5. The summed E-state index contributed by atoms with van der Waals surface area (Å²) in [5.41, 5.74) is 4.87. The molecule has 4 unspecified atom stereocenters. The lowest BCUT2D eigenvalue weighted by atomic mass is 9.91. The molecule has 2 amide bonds. The first-order valence-corrected chi connectivity index (χ1v) is 23.3. The maximum Gasteiger partial charge on any atom is 0.317 e. The van der Waals surface area contributed by atoms with Crippen LogP contribution in [0.4, 0.5) is 0 Å². The summed E-state index contributed by atoms with van der Waals surface area (Å²) in [4.78, 5) is 61.8. The van der Waals surface area contributed by atoms with E-state index >= 15 is 0 Å². The highest BCUT2D eigenvalue weighted by Crippen LogP contribution is 2.34. The van der Waals surface area contributed by atoms with Crippen molar-refractivity contribution in [2.75, 3.05) is 52.5 Å². The third kappa shape index (κ3) is 10.8. The monoisotopic (exact) mass is 903 g/mol. The number of pyridine rings is 1. The Labute approximate surface area is 389 Å². The van der Waals surface area contributed by atoms with Gasteiger partial charge in [-0.1, -0.05) is 91.0 Å². The number of esters is 1. The topological polar surface area (TPSA) is 165 Å². The summed E-state index contributed by atoms with van der Waals surface area (Å²) in [5, 5.41) is 24.9. The molecule has 0 aliphatic carbocycles. The Morgan fingerprint density at radius 3 is 2.30 bits per heavy atom. The first-order chi connectivity index (χ1) is 32.7. The number of nitrogens with one attached hydrogen (secondary N) is 2. The number of nitrogens with zero attached hydrogens (tertiary/aromatic N) is 3. The van der Waals surface area contributed by atoms with Crippen LogP contribution in [0.15, 0.2) is 138 Å². The quantitative estimate of drug-likeness (QED) is 0.0800. The zero-order valence-corrected chi connectivity index (χ0v) is 37.5. The van der Waals surface area contributed by atoms with Gasteiger partial charge in [-0.05, 0) is 102 Å². The van der Waals surface area contributed by atoms with Crippen LogP contribution in [-0.2, 0) is 27.4 Å². The van der Waals surface area contributed by atoms with Crippen molar-refractivity contribution in [1.29, 1.82) is 0 Å². The molecule has 346 valence electrons. The number of aliphatic hydroxyl groups excluding tert-OH is 1. The Bertz CT molecular complexity index is 2720. The van der Waals surface area contributed by atoms with Gasteiger partial charge >= 0.3 is 5.97 Å². The molecular weight excluding hydrogens is 847 g/mol. The summed E-state index contributed by atoms with van der Waals surface area (Å²) >= 11 is 0. The number of carbonyl (C=O) groups is 3. The molecule has 0 bridgehead atoms. The van der Waals surface area contributed by atoms with Crippen molar-refractivity contribution in [2.24, 2.45) is 11.8 Å². The van der Waals surface area contributed by atoms with Gasteiger partial charge in [0, 0.05) is 62.2 Å². The van der Waals surface area contributed by atoms with Crippen LogP contribution in [0.25, 0.3) is 10.9 Å². The summed E-state index contributed by atoms with van der Waals surface area (Å²) < 4.78 is 12.2. The number of carbonyl (C=O) groups excluding carboxylic acids is 3. The van der Waals surface area contributed by atoms with Gasteiger partial charge in [0.05, 0.1) is 24.3 Å². The lowest BCUT2D eigenvalue weighted by Crippen LogP contribution is -2.42. The largest absolute Gasteiger partial charge is 0.506 e. The summed E-state index contributed by atoms with van der Waals surface area (Å²) in [6.07, 6.45) is 1.85. The predicted octanol–water partition coefficient (Wildman–Crippen LogP) is 6.40. The van der Waals surface area contributed by atoms with Gasteiger partial charge < -0.3 is 39.8 Å². The van der Waals surface area contributed by atoms with E-state index in [-0.39, 0.29) is 59.7 Å². The normalized spacial score (nSPS) is 18.4. The van der Waals surface area contributed by atoms with Crippen molar-refractivity contribution in [3.8, 4) is 11.5 Å². The van der Waals surface area contributed by atoms with Gasteiger partial charge in [-0.2, -0.15) is 0 Å². The number of aromatic nitrogens is 1. The van der Waals surface area contributed by atoms with E-state index in [0.29, 0.717) is 61.0 Å². The predicted molar refractivity (Wildman–Crippen MR) is 254 cm³/mol. The maximum absolute atomic E-state index is 13.9. The fourth-order valence-electron chi connectivity index (χ4n) is 9.96. The minimum absolute atomic E-state index is 0.0650. The fourth-order valence-corrected chi connectivity index (χ4v) is 9.96. The van der Waals surface area contributed by atoms with Crippen LogP contribution in [0.2, 0.25) is 0 Å². The van der Waals surface area contributed by atoms with Crippen LogP contribution in [-0.4, -0.2) is 106 Å². The van der Waals surface area contributed by atoms with Crippen molar-refractivity contribution < 1.29 is 34.1 Å². The SMILES string of the molecule is O=C(OCC1CCN(Cc2ccccc2)CC1)C(c1ccccc1)c1cccc(OCC(=O)N2CCC3CN(C(=O)c4ccc(CNCC(O)c5ccc(O)c6[nH]c(=O)ccc56)cc4)CC32)c1. The molecule has 3 aliphatic heterocycles. The lowest BCUT2D eigenvalue weighted by molar-refractivity contribution is -0.146. The van der Waals surface area contributed by atoms with Crippen LogP contribution in [0.5, 0.6) is 11.5 Å². The smallest absolute Gasteiger partial charge is 0.317 e. The number of likely N-dealkylation sites (tertiary alicyclic amines) is 3. The van der Waals surface area contributed by atoms with Gasteiger partial charge in [-0.25, -0.2) is 0 Å². The van der Waals surface area contributed by atoms with E-state index in [1.165, 1.54) is 17.7 Å². The molecule has 67 heavy (non-hydrogen) atoms. The van der Waals surface area contributed by atoms with Crippen molar-refractivity contribution >= 4 is 28.7 Å². The average Bonchev–Trinajstić information content (AvgIpc) is 3.96. The third-order valence-electron chi connectivity index (χ3n) is 13.6. The molecule has 0 spiro atoms. The highest BCUT2D eigenvalue weighted by Gasteiger charge is 2.45.